The predicted molar refractivity (Wildman–Crippen MR) is 86.2 cm³/mol. The molecule has 0 radical (unpaired) electrons. The third-order valence-corrected chi connectivity index (χ3v) is 3.73. The first-order valence-corrected chi connectivity index (χ1v) is 7.48. The van der Waals surface area contributed by atoms with Crippen molar-refractivity contribution in [2.24, 2.45) is 0 Å². The molecule has 0 aliphatic rings. The van der Waals surface area contributed by atoms with Crippen LogP contribution >= 0.6 is 11.6 Å². The fraction of sp³-hybridized carbons (Fsp3) is 0.375. The average Bonchev–Trinajstić information content (AvgIpc) is 2.47. The fourth-order valence-corrected chi connectivity index (χ4v) is 2.09. The molecular formula is C16H20ClN3O. The van der Waals surface area contributed by atoms with Gasteiger partial charge in [0.15, 0.2) is 0 Å². The summed E-state index contributed by atoms with van der Waals surface area (Å²) in [7, 11) is 0. The smallest absolute Gasteiger partial charge is 0.204 e. The van der Waals surface area contributed by atoms with E-state index in [0.29, 0.717) is 23.3 Å². The predicted octanol–water partition coefficient (Wildman–Crippen LogP) is 3.08. The summed E-state index contributed by atoms with van der Waals surface area (Å²) in [6.45, 7) is 6.54. The highest BCUT2D eigenvalue weighted by Crippen LogP contribution is 2.13. The summed E-state index contributed by atoms with van der Waals surface area (Å²) in [5, 5.41) is 8.45. The minimum atomic E-state index is -0.0338. The zero-order valence-electron chi connectivity index (χ0n) is 12.6. The van der Waals surface area contributed by atoms with Crippen LogP contribution in [0.15, 0.2) is 35.1 Å². The molecule has 0 saturated heterocycles. The highest BCUT2D eigenvalue weighted by atomic mass is 35.5. The largest absolute Gasteiger partial charge is 0.308 e. The molecule has 1 heterocycles. The monoisotopic (exact) mass is 305 g/mol. The number of hydrogen-bond donors (Lipinski definition) is 1. The molecule has 2 aromatic rings. The molecule has 0 aliphatic carbocycles. The molecular weight excluding hydrogens is 286 g/mol. The minimum absolute atomic E-state index is 0.0338. The number of aromatic nitrogens is 2. The van der Waals surface area contributed by atoms with E-state index in [-0.39, 0.29) is 5.43 Å². The molecule has 21 heavy (non-hydrogen) atoms. The molecule has 1 N–H and O–H groups in total. The van der Waals surface area contributed by atoms with Crippen LogP contribution in [0, 0.1) is 6.92 Å². The van der Waals surface area contributed by atoms with Crippen LogP contribution < -0.4 is 10.7 Å². The standard InChI is InChI=1S/C16H20ClN3O/c1-4-11(2)18-10-15-16(21)9-12(3)20(19-15)14-7-5-13(17)6-8-14/h5-9,11,18H,4,10H2,1-3H3. The van der Waals surface area contributed by atoms with Crippen molar-refractivity contribution in [1.29, 1.82) is 0 Å². The molecule has 1 aromatic heterocycles. The van der Waals surface area contributed by atoms with E-state index < -0.39 is 0 Å². The lowest BCUT2D eigenvalue weighted by molar-refractivity contribution is 0.521. The Bertz CT molecular complexity index is 664. The molecule has 5 heteroatoms. The van der Waals surface area contributed by atoms with Crippen LogP contribution in [0.5, 0.6) is 0 Å². The van der Waals surface area contributed by atoms with Crippen molar-refractivity contribution in [2.45, 2.75) is 39.8 Å². The Morgan fingerprint density at radius 2 is 2.00 bits per heavy atom. The van der Waals surface area contributed by atoms with E-state index in [9.17, 15) is 4.79 Å². The van der Waals surface area contributed by atoms with Crippen LogP contribution in [-0.2, 0) is 6.54 Å². The molecule has 0 spiro atoms. The quantitative estimate of drug-likeness (QED) is 0.923. The number of halogens is 1. The fourth-order valence-electron chi connectivity index (χ4n) is 1.96. The number of benzene rings is 1. The second kappa shape index (κ2) is 6.87. The van der Waals surface area contributed by atoms with E-state index in [4.69, 9.17) is 11.6 Å². The SMILES string of the molecule is CCC(C)NCc1nn(-c2ccc(Cl)cc2)c(C)cc1=O. The molecule has 0 fully saturated rings. The van der Waals surface area contributed by atoms with Gasteiger partial charge in [0.2, 0.25) is 5.43 Å². The van der Waals surface area contributed by atoms with Gasteiger partial charge in [-0.05, 0) is 44.5 Å². The van der Waals surface area contributed by atoms with E-state index >= 15 is 0 Å². The molecule has 0 saturated carbocycles. The van der Waals surface area contributed by atoms with Crippen LogP contribution in [-0.4, -0.2) is 15.8 Å². The Kier molecular flexibility index (Phi) is 5.15. The Morgan fingerprint density at radius 3 is 2.62 bits per heavy atom. The van der Waals surface area contributed by atoms with E-state index in [1.165, 1.54) is 0 Å². The van der Waals surface area contributed by atoms with Crippen LogP contribution in [0.1, 0.15) is 31.7 Å². The lowest BCUT2D eigenvalue weighted by Crippen LogP contribution is -2.29. The lowest BCUT2D eigenvalue weighted by Gasteiger charge is -2.13. The van der Waals surface area contributed by atoms with Gasteiger partial charge in [0.05, 0.1) is 5.69 Å². The van der Waals surface area contributed by atoms with Crippen molar-refractivity contribution in [3.05, 3.63) is 57.0 Å². The summed E-state index contributed by atoms with van der Waals surface area (Å²) >= 11 is 5.91. The second-order valence-electron chi connectivity index (χ2n) is 5.18. The first-order valence-electron chi connectivity index (χ1n) is 7.10. The minimum Gasteiger partial charge on any atom is -0.308 e. The van der Waals surface area contributed by atoms with Gasteiger partial charge >= 0.3 is 0 Å². The Morgan fingerprint density at radius 1 is 1.33 bits per heavy atom. The van der Waals surface area contributed by atoms with E-state index in [2.05, 4.69) is 24.3 Å². The summed E-state index contributed by atoms with van der Waals surface area (Å²) < 4.78 is 1.77. The maximum Gasteiger partial charge on any atom is 0.204 e. The normalized spacial score (nSPS) is 12.4. The van der Waals surface area contributed by atoms with Gasteiger partial charge < -0.3 is 5.32 Å². The third kappa shape index (κ3) is 3.93. The van der Waals surface area contributed by atoms with Crippen molar-refractivity contribution in [3.63, 3.8) is 0 Å². The van der Waals surface area contributed by atoms with Gasteiger partial charge in [-0.15, -0.1) is 0 Å². The second-order valence-corrected chi connectivity index (χ2v) is 5.61. The zero-order valence-corrected chi connectivity index (χ0v) is 13.3. The number of nitrogens with zero attached hydrogens (tertiary/aromatic N) is 2. The van der Waals surface area contributed by atoms with Crippen molar-refractivity contribution in [2.75, 3.05) is 0 Å². The molecule has 1 unspecified atom stereocenters. The van der Waals surface area contributed by atoms with Crippen LogP contribution in [0.3, 0.4) is 0 Å². The highest BCUT2D eigenvalue weighted by molar-refractivity contribution is 6.30. The van der Waals surface area contributed by atoms with Crippen molar-refractivity contribution < 1.29 is 0 Å². The molecule has 2 rings (SSSR count). The van der Waals surface area contributed by atoms with Crippen molar-refractivity contribution >= 4 is 11.6 Å². The number of aryl methyl sites for hydroxylation is 1. The van der Waals surface area contributed by atoms with E-state index in [0.717, 1.165) is 17.8 Å². The van der Waals surface area contributed by atoms with Gasteiger partial charge in [-0.1, -0.05) is 18.5 Å². The van der Waals surface area contributed by atoms with Crippen molar-refractivity contribution in [1.82, 2.24) is 15.1 Å². The summed E-state index contributed by atoms with van der Waals surface area (Å²) in [5.41, 5.74) is 2.18. The molecule has 0 amide bonds. The van der Waals surface area contributed by atoms with Crippen LogP contribution in [0.25, 0.3) is 5.69 Å². The average molecular weight is 306 g/mol. The summed E-state index contributed by atoms with van der Waals surface area (Å²) in [4.78, 5) is 12.0. The van der Waals surface area contributed by atoms with Crippen molar-refractivity contribution in [3.8, 4) is 5.69 Å². The van der Waals surface area contributed by atoms with Crippen LogP contribution in [0.4, 0.5) is 0 Å². The lowest BCUT2D eigenvalue weighted by atomic mass is 10.2. The van der Waals surface area contributed by atoms with Gasteiger partial charge in [0, 0.05) is 29.4 Å². The van der Waals surface area contributed by atoms with Crippen LogP contribution in [0.2, 0.25) is 5.02 Å². The topological polar surface area (TPSA) is 46.9 Å². The molecule has 1 aromatic carbocycles. The maximum absolute atomic E-state index is 12.0. The van der Waals surface area contributed by atoms with E-state index in [1.807, 2.05) is 31.2 Å². The Hall–Kier alpha value is -1.65. The number of rotatable bonds is 5. The van der Waals surface area contributed by atoms with Gasteiger partial charge in [-0.2, -0.15) is 5.10 Å². The highest BCUT2D eigenvalue weighted by Gasteiger charge is 2.08. The first-order chi connectivity index (χ1) is 10.0. The maximum atomic E-state index is 12.0. The number of hydrogen-bond acceptors (Lipinski definition) is 3. The molecule has 1 atom stereocenters. The Labute approximate surface area is 129 Å². The third-order valence-electron chi connectivity index (χ3n) is 3.48. The molecule has 0 bridgehead atoms. The zero-order chi connectivity index (χ0) is 15.4. The Balaban J connectivity index is 2.34. The molecule has 112 valence electrons. The summed E-state index contributed by atoms with van der Waals surface area (Å²) in [5.74, 6) is 0. The van der Waals surface area contributed by atoms with Gasteiger partial charge in [0.1, 0.15) is 5.69 Å². The van der Waals surface area contributed by atoms with E-state index in [1.54, 1.807) is 10.7 Å². The van der Waals surface area contributed by atoms with Gasteiger partial charge in [-0.25, -0.2) is 4.68 Å². The number of nitrogens with one attached hydrogen (secondary N) is 1. The first kappa shape index (κ1) is 15.7. The molecule has 0 aliphatic heterocycles. The van der Waals surface area contributed by atoms with Gasteiger partial charge in [0.25, 0.3) is 0 Å². The van der Waals surface area contributed by atoms with Gasteiger partial charge in [-0.3, -0.25) is 4.79 Å². The molecule has 4 nitrogen and oxygen atoms in total. The summed E-state index contributed by atoms with van der Waals surface area (Å²) in [6.07, 6.45) is 1.01. The summed E-state index contributed by atoms with van der Waals surface area (Å²) in [6, 6.07) is 9.38.